The van der Waals surface area contributed by atoms with Crippen molar-refractivity contribution in [1.82, 2.24) is 0 Å². The van der Waals surface area contributed by atoms with Gasteiger partial charge in [-0.25, -0.2) is 4.39 Å². The van der Waals surface area contributed by atoms with E-state index in [0.717, 1.165) is 23.4 Å². The summed E-state index contributed by atoms with van der Waals surface area (Å²) in [5, 5.41) is 6.10. The van der Waals surface area contributed by atoms with Gasteiger partial charge in [0, 0.05) is 42.8 Å². The molecule has 140 valence electrons. The maximum Gasteiger partial charge on any atom is 0.224 e. The Hall–Kier alpha value is -3.15. The molecule has 0 aromatic heterocycles. The van der Waals surface area contributed by atoms with Crippen molar-refractivity contribution >= 4 is 34.8 Å². The Morgan fingerprint density at radius 1 is 1.30 bits per heavy atom. The molecule has 1 aliphatic rings. The number of fused-ring (bicyclic) bond motifs is 1. The standard InChI is InChI=1S/C21H23FN4O/c1-13-8-16-18(4-3-5-19(16)26-21(27)9-13)25-20-7-6-14(10-17(20)22)15(11-23)12-24-2/h3-7,10-13,25H,8-9,23H2,1-2H3,(H,26,27)/t13-/m0/s1. The van der Waals surface area contributed by atoms with Crippen LogP contribution in [0.15, 0.2) is 47.6 Å². The average molecular weight is 366 g/mol. The van der Waals surface area contributed by atoms with Gasteiger partial charge in [-0.1, -0.05) is 19.1 Å². The van der Waals surface area contributed by atoms with Crippen LogP contribution in [0, 0.1) is 11.7 Å². The summed E-state index contributed by atoms with van der Waals surface area (Å²) < 4.78 is 14.7. The molecule has 0 spiro atoms. The molecule has 6 heteroatoms. The summed E-state index contributed by atoms with van der Waals surface area (Å²) in [5.74, 6) is -0.167. The minimum atomic E-state index is -0.389. The number of aliphatic imine (C=N–C) groups is 1. The Labute approximate surface area is 158 Å². The van der Waals surface area contributed by atoms with Crippen molar-refractivity contribution in [1.29, 1.82) is 0 Å². The Bertz CT molecular complexity index is 920. The van der Waals surface area contributed by atoms with E-state index < -0.39 is 0 Å². The maximum atomic E-state index is 14.7. The van der Waals surface area contributed by atoms with Crippen LogP contribution >= 0.6 is 0 Å². The van der Waals surface area contributed by atoms with Gasteiger partial charge in [-0.15, -0.1) is 0 Å². The van der Waals surface area contributed by atoms with Crippen LogP contribution in [0.25, 0.3) is 5.57 Å². The van der Waals surface area contributed by atoms with Crippen LogP contribution in [0.3, 0.4) is 0 Å². The van der Waals surface area contributed by atoms with E-state index in [1.165, 1.54) is 12.3 Å². The van der Waals surface area contributed by atoms with Crippen LogP contribution in [0.5, 0.6) is 0 Å². The van der Waals surface area contributed by atoms with Crippen LogP contribution in [0.4, 0.5) is 21.5 Å². The molecule has 1 heterocycles. The van der Waals surface area contributed by atoms with E-state index in [2.05, 4.69) is 15.6 Å². The van der Waals surface area contributed by atoms with Gasteiger partial charge in [0.25, 0.3) is 0 Å². The molecule has 0 aliphatic carbocycles. The fraction of sp³-hybridized carbons (Fsp3) is 0.238. The van der Waals surface area contributed by atoms with Crippen molar-refractivity contribution in [2.75, 3.05) is 17.7 Å². The molecule has 0 bridgehead atoms. The largest absolute Gasteiger partial charge is 0.404 e. The first kappa shape index (κ1) is 18.6. The maximum absolute atomic E-state index is 14.7. The minimum absolute atomic E-state index is 0.00706. The third-order valence-corrected chi connectivity index (χ3v) is 4.56. The SMILES string of the molecule is CN=CC(=CN)c1ccc(Nc2cccc3c2C[C@H](C)CC(=O)N3)c(F)c1. The Morgan fingerprint density at radius 2 is 2.11 bits per heavy atom. The molecule has 27 heavy (non-hydrogen) atoms. The molecular weight excluding hydrogens is 343 g/mol. The average Bonchev–Trinajstić information content (AvgIpc) is 2.78. The van der Waals surface area contributed by atoms with E-state index in [9.17, 15) is 9.18 Å². The number of hydrogen-bond acceptors (Lipinski definition) is 4. The number of rotatable bonds is 4. The van der Waals surface area contributed by atoms with Crippen molar-refractivity contribution in [3.05, 3.63) is 59.5 Å². The fourth-order valence-corrected chi connectivity index (χ4v) is 3.27. The number of anilines is 3. The highest BCUT2D eigenvalue weighted by Crippen LogP contribution is 2.33. The quantitative estimate of drug-likeness (QED) is 0.713. The summed E-state index contributed by atoms with van der Waals surface area (Å²) in [4.78, 5) is 15.9. The highest BCUT2D eigenvalue weighted by molar-refractivity contribution is 6.09. The van der Waals surface area contributed by atoms with Crippen LogP contribution < -0.4 is 16.4 Å². The molecule has 0 saturated heterocycles. The van der Waals surface area contributed by atoms with E-state index in [1.54, 1.807) is 25.4 Å². The summed E-state index contributed by atoms with van der Waals surface area (Å²) >= 11 is 0. The van der Waals surface area contributed by atoms with Crippen LogP contribution in [-0.4, -0.2) is 19.2 Å². The van der Waals surface area contributed by atoms with Gasteiger partial charge < -0.3 is 16.4 Å². The number of amides is 1. The van der Waals surface area contributed by atoms with Gasteiger partial charge in [-0.3, -0.25) is 9.79 Å². The molecular formula is C21H23FN4O. The third kappa shape index (κ3) is 4.16. The first-order chi connectivity index (χ1) is 13.0. The van der Waals surface area contributed by atoms with Crippen LogP contribution in [0.2, 0.25) is 0 Å². The van der Waals surface area contributed by atoms with Gasteiger partial charge in [0.1, 0.15) is 5.82 Å². The van der Waals surface area contributed by atoms with E-state index in [-0.39, 0.29) is 17.6 Å². The Kier molecular flexibility index (Phi) is 5.54. The van der Waals surface area contributed by atoms with Gasteiger partial charge >= 0.3 is 0 Å². The first-order valence-corrected chi connectivity index (χ1v) is 8.84. The van der Waals surface area contributed by atoms with Crippen molar-refractivity contribution in [2.45, 2.75) is 19.8 Å². The molecule has 2 aromatic carbocycles. The second-order valence-electron chi connectivity index (χ2n) is 6.72. The molecule has 5 nitrogen and oxygen atoms in total. The summed E-state index contributed by atoms with van der Waals surface area (Å²) in [5.41, 5.74) is 9.80. The zero-order chi connectivity index (χ0) is 19.4. The van der Waals surface area contributed by atoms with Gasteiger partial charge in [0.2, 0.25) is 5.91 Å². The van der Waals surface area contributed by atoms with Crippen molar-refractivity contribution < 1.29 is 9.18 Å². The molecule has 0 saturated carbocycles. The number of benzene rings is 2. The van der Waals surface area contributed by atoms with Crippen LogP contribution in [-0.2, 0) is 11.2 Å². The molecule has 3 rings (SSSR count). The zero-order valence-corrected chi connectivity index (χ0v) is 15.4. The normalized spacial score (nSPS) is 17.4. The summed E-state index contributed by atoms with van der Waals surface area (Å²) in [7, 11) is 1.64. The van der Waals surface area contributed by atoms with Gasteiger partial charge in [0.05, 0.1) is 5.69 Å². The molecule has 2 aromatic rings. The minimum Gasteiger partial charge on any atom is -0.404 e. The molecule has 1 amide bonds. The number of carbonyl (C=O) groups is 1. The van der Waals surface area contributed by atoms with Gasteiger partial charge in [-0.05, 0) is 47.7 Å². The number of nitrogens with zero attached hydrogens (tertiary/aromatic N) is 1. The van der Waals surface area contributed by atoms with E-state index >= 15 is 0 Å². The number of nitrogens with two attached hydrogens (primary N) is 1. The fourth-order valence-electron chi connectivity index (χ4n) is 3.27. The lowest BCUT2D eigenvalue weighted by atomic mass is 9.97. The Morgan fingerprint density at radius 3 is 2.81 bits per heavy atom. The van der Waals surface area contributed by atoms with Gasteiger partial charge in [-0.2, -0.15) is 0 Å². The Balaban J connectivity index is 1.93. The molecule has 0 radical (unpaired) electrons. The zero-order valence-electron chi connectivity index (χ0n) is 15.4. The van der Waals surface area contributed by atoms with E-state index in [1.807, 2.05) is 25.1 Å². The number of nitrogens with one attached hydrogen (secondary N) is 2. The lowest BCUT2D eigenvalue weighted by molar-refractivity contribution is -0.116. The lowest BCUT2D eigenvalue weighted by Crippen LogP contribution is -2.11. The van der Waals surface area contributed by atoms with Crippen molar-refractivity contribution in [3.63, 3.8) is 0 Å². The molecule has 1 aliphatic heterocycles. The second kappa shape index (κ2) is 8.03. The third-order valence-electron chi connectivity index (χ3n) is 4.56. The van der Waals surface area contributed by atoms with Crippen molar-refractivity contribution in [2.24, 2.45) is 16.6 Å². The summed E-state index contributed by atoms with van der Waals surface area (Å²) in [6, 6.07) is 10.5. The number of hydrogen-bond donors (Lipinski definition) is 3. The molecule has 4 N–H and O–H groups in total. The monoisotopic (exact) mass is 366 g/mol. The second-order valence-corrected chi connectivity index (χ2v) is 6.72. The van der Waals surface area contributed by atoms with Crippen LogP contribution in [0.1, 0.15) is 24.5 Å². The summed E-state index contributed by atoms with van der Waals surface area (Å²) in [6.45, 7) is 2.04. The highest BCUT2D eigenvalue weighted by atomic mass is 19.1. The van der Waals surface area contributed by atoms with Gasteiger partial charge in [0.15, 0.2) is 0 Å². The lowest BCUT2D eigenvalue weighted by Gasteiger charge is -2.16. The van der Waals surface area contributed by atoms with E-state index in [4.69, 9.17) is 5.73 Å². The molecule has 0 fully saturated rings. The smallest absolute Gasteiger partial charge is 0.224 e. The van der Waals surface area contributed by atoms with E-state index in [0.29, 0.717) is 23.2 Å². The van der Waals surface area contributed by atoms with Crippen molar-refractivity contribution in [3.8, 4) is 0 Å². The number of allylic oxidation sites excluding steroid dienone is 1. The predicted molar refractivity (Wildman–Crippen MR) is 109 cm³/mol. The topological polar surface area (TPSA) is 79.5 Å². The summed E-state index contributed by atoms with van der Waals surface area (Å²) in [6.07, 6.45) is 4.20. The highest BCUT2D eigenvalue weighted by Gasteiger charge is 2.21. The first-order valence-electron chi connectivity index (χ1n) is 8.84. The molecule has 0 unspecified atom stereocenters. The number of carbonyl (C=O) groups excluding carboxylic acids is 1. The number of halogens is 1. The molecule has 1 atom stereocenters. The predicted octanol–water partition coefficient (Wildman–Crippen LogP) is 4.09.